The van der Waals surface area contributed by atoms with E-state index in [1.54, 1.807) is 0 Å². The lowest BCUT2D eigenvalue weighted by Gasteiger charge is -2.51. The first-order chi connectivity index (χ1) is 36.7. The van der Waals surface area contributed by atoms with Gasteiger partial charge in [-0.1, -0.05) is 177 Å². The zero-order valence-electron chi connectivity index (χ0n) is 44.9. The Morgan fingerprint density at radius 3 is 1.91 bits per heavy atom. The summed E-state index contributed by atoms with van der Waals surface area (Å²) >= 11 is 1.92. The zero-order chi connectivity index (χ0) is 51.6. The lowest BCUT2D eigenvalue weighted by Crippen LogP contribution is -2.61. The van der Waals surface area contributed by atoms with Crippen LogP contribution in [0.4, 0.5) is 45.5 Å². The summed E-state index contributed by atoms with van der Waals surface area (Å²) in [6, 6.07) is 69.8. The summed E-state index contributed by atoms with van der Waals surface area (Å²) in [5, 5.41) is 4.86. The standard InChI is InChI=1S/C70H62BN3OS/c1-67(2,3)44-31-33-55(50(37-44)43-21-10-9-11-22-43)72-59-41-51-48-24-13-17-30-63(48)76-64(51)42-54(59)71-53-38-45(68(4,5)6)32-34-57(53)73(58-28-20-25-49-47-23-12-16-29-62(47)75-66(49)58)61-40-46(39-60(72)65(61)71)74-56-27-15-14-26-52(56)69(7)35-18-19-36-70(69,74)8/h9-17,20-34,37-42H,18-19,35-36H2,1-8H3. The second kappa shape index (κ2) is 16.0. The van der Waals surface area contributed by atoms with Gasteiger partial charge in [-0.05, 0) is 136 Å². The number of nitrogens with zero attached hydrogens (tertiary/aromatic N) is 3. The van der Waals surface area contributed by atoms with Crippen molar-refractivity contribution in [2.24, 2.45) is 0 Å². The third-order valence-corrected chi connectivity index (χ3v) is 19.6. The number of furan rings is 1. The van der Waals surface area contributed by atoms with E-state index in [0.29, 0.717) is 0 Å². The van der Waals surface area contributed by atoms with Crippen LogP contribution >= 0.6 is 11.3 Å². The first-order valence-corrected chi connectivity index (χ1v) is 28.4. The fraction of sp³-hybridized carbons (Fsp3) is 0.229. The molecule has 0 radical (unpaired) electrons. The summed E-state index contributed by atoms with van der Waals surface area (Å²) in [7, 11) is 0. The van der Waals surface area contributed by atoms with E-state index in [1.807, 2.05) is 11.3 Å². The number of anilines is 8. The maximum atomic E-state index is 7.08. The quantitative estimate of drug-likeness (QED) is 0.164. The van der Waals surface area contributed by atoms with Gasteiger partial charge < -0.3 is 19.1 Å². The number of benzene rings is 9. The second-order valence-corrected chi connectivity index (χ2v) is 25.9. The van der Waals surface area contributed by atoms with E-state index >= 15 is 0 Å². The van der Waals surface area contributed by atoms with Gasteiger partial charge in [-0.3, -0.25) is 0 Å². The summed E-state index contributed by atoms with van der Waals surface area (Å²) in [5.41, 5.74) is 21.5. The van der Waals surface area contributed by atoms with Gasteiger partial charge in [0.2, 0.25) is 0 Å². The van der Waals surface area contributed by atoms with Gasteiger partial charge in [0.25, 0.3) is 6.71 Å². The Bertz CT molecular complexity index is 4230. The fourth-order valence-corrected chi connectivity index (χ4v) is 15.5. The minimum absolute atomic E-state index is 0.0335. The minimum Gasteiger partial charge on any atom is -0.454 e. The molecule has 2 aromatic heterocycles. The predicted molar refractivity (Wildman–Crippen MR) is 326 cm³/mol. The third kappa shape index (κ3) is 6.37. The Hall–Kier alpha value is -7.54. The number of hydrogen-bond acceptors (Lipinski definition) is 5. The van der Waals surface area contributed by atoms with Gasteiger partial charge >= 0.3 is 0 Å². The lowest BCUT2D eigenvalue weighted by atomic mass is 9.33. The molecule has 372 valence electrons. The van der Waals surface area contributed by atoms with E-state index in [9.17, 15) is 0 Å². The predicted octanol–water partition coefficient (Wildman–Crippen LogP) is 18.0. The van der Waals surface area contributed by atoms with Crippen molar-refractivity contribution in [1.29, 1.82) is 0 Å². The van der Waals surface area contributed by atoms with Crippen LogP contribution < -0.4 is 31.1 Å². The first kappa shape index (κ1) is 45.8. The van der Waals surface area contributed by atoms with Crippen molar-refractivity contribution in [2.75, 3.05) is 14.7 Å². The minimum atomic E-state index is -0.171. The molecule has 4 aliphatic rings. The van der Waals surface area contributed by atoms with Gasteiger partial charge in [0.05, 0.1) is 16.9 Å². The third-order valence-electron chi connectivity index (χ3n) is 18.5. The Morgan fingerprint density at radius 2 is 1.12 bits per heavy atom. The van der Waals surface area contributed by atoms with E-state index in [-0.39, 0.29) is 28.5 Å². The highest BCUT2D eigenvalue weighted by Gasteiger charge is 2.58. The van der Waals surface area contributed by atoms with Crippen LogP contribution in [0, 0.1) is 0 Å². The van der Waals surface area contributed by atoms with E-state index in [4.69, 9.17) is 4.42 Å². The van der Waals surface area contributed by atoms with Crippen molar-refractivity contribution in [3.8, 4) is 11.1 Å². The maximum absolute atomic E-state index is 7.08. The molecule has 4 nitrogen and oxygen atoms in total. The molecule has 1 fully saturated rings. The monoisotopic (exact) mass is 1000 g/mol. The normalized spacial score (nSPS) is 18.8. The molecule has 2 unspecified atom stereocenters. The molecule has 0 saturated heterocycles. The van der Waals surface area contributed by atoms with Gasteiger partial charge in [-0.25, -0.2) is 0 Å². The lowest BCUT2D eigenvalue weighted by molar-refractivity contribution is 0.195. The number of para-hydroxylation sites is 3. The molecule has 15 rings (SSSR count). The largest absolute Gasteiger partial charge is 0.454 e. The zero-order valence-corrected chi connectivity index (χ0v) is 45.7. The Kier molecular flexibility index (Phi) is 9.65. The molecule has 3 aliphatic heterocycles. The van der Waals surface area contributed by atoms with E-state index in [2.05, 4.69) is 252 Å². The first-order valence-electron chi connectivity index (χ1n) is 27.6. The number of hydrogen-bond donors (Lipinski definition) is 0. The topological polar surface area (TPSA) is 22.9 Å². The maximum Gasteiger partial charge on any atom is 0.252 e. The summed E-state index contributed by atoms with van der Waals surface area (Å²) in [6.45, 7) is 19.1. The fourth-order valence-electron chi connectivity index (χ4n) is 14.4. The summed E-state index contributed by atoms with van der Waals surface area (Å²) in [4.78, 5) is 8.07. The SMILES string of the molecule is CC(C)(C)c1ccc2c(c1)B1c3cc4sc5ccccc5c4cc3N(c3ccc(C(C)(C)C)cc3-c3ccccc3)c3cc(N4c5ccccc5C5(C)CCCCC45C)cc(c31)N2c1cccc2c1oc1ccccc12. The molecule has 0 spiro atoms. The highest BCUT2D eigenvalue weighted by molar-refractivity contribution is 7.26. The highest BCUT2D eigenvalue weighted by Crippen LogP contribution is 2.62. The average Bonchev–Trinajstić information content (AvgIpc) is 4.20. The number of rotatable bonds is 4. The van der Waals surface area contributed by atoms with Crippen molar-refractivity contribution in [3.63, 3.8) is 0 Å². The molecule has 0 N–H and O–H groups in total. The molecular weight excluding hydrogens is 942 g/mol. The molecule has 76 heavy (non-hydrogen) atoms. The van der Waals surface area contributed by atoms with Crippen molar-refractivity contribution < 1.29 is 4.42 Å². The Balaban J connectivity index is 1.13. The molecule has 2 atom stereocenters. The number of thiophene rings is 1. The van der Waals surface area contributed by atoms with Gasteiger partial charge in [0, 0.05) is 76.0 Å². The van der Waals surface area contributed by atoms with Crippen LogP contribution in [-0.4, -0.2) is 12.3 Å². The van der Waals surface area contributed by atoms with E-state index < -0.39 is 0 Å². The smallest absolute Gasteiger partial charge is 0.252 e. The van der Waals surface area contributed by atoms with Crippen molar-refractivity contribution >= 4 is 122 Å². The van der Waals surface area contributed by atoms with Crippen molar-refractivity contribution in [3.05, 3.63) is 199 Å². The molecule has 1 saturated carbocycles. The van der Waals surface area contributed by atoms with E-state index in [0.717, 1.165) is 40.5 Å². The molecule has 11 aromatic rings. The Labute approximate surface area is 451 Å². The van der Waals surface area contributed by atoms with Crippen LogP contribution in [0.5, 0.6) is 0 Å². The molecule has 9 aromatic carbocycles. The molecule has 1 aliphatic carbocycles. The van der Waals surface area contributed by atoms with Crippen LogP contribution in [0.3, 0.4) is 0 Å². The van der Waals surface area contributed by atoms with Crippen LogP contribution in [0.25, 0.3) is 53.2 Å². The molecule has 0 bridgehead atoms. The van der Waals surface area contributed by atoms with Crippen LogP contribution in [-0.2, 0) is 16.2 Å². The van der Waals surface area contributed by atoms with Gasteiger partial charge in [0.15, 0.2) is 5.58 Å². The van der Waals surface area contributed by atoms with Gasteiger partial charge in [-0.15, -0.1) is 11.3 Å². The average molecular weight is 1000 g/mol. The van der Waals surface area contributed by atoms with Crippen molar-refractivity contribution in [1.82, 2.24) is 0 Å². The van der Waals surface area contributed by atoms with Gasteiger partial charge in [0.1, 0.15) is 5.58 Å². The molecule has 6 heteroatoms. The summed E-state index contributed by atoms with van der Waals surface area (Å²) in [6.07, 6.45) is 4.70. The van der Waals surface area contributed by atoms with Crippen LogP contribution in [0.15, 0.2) is 186 Å². The van der Waals surface area contributed by atoms with Crippen LogP contribution in [0.1, 0.15) is 97.8 Å². The van der Waals surface area contributed by atoms with Gasteiger partial charge in [-0.2, -0.15) is 0 Å². The number of fused-ring (bicyclic) bond motifs is 13. The Morgan fingerprint density at radius 1 is 0.487 bits per heavy atom. The van der Waals surface area contributed by atoms with E-state index in [1.165, 1.54) is 117 Å². The molecular formula is C70H62BN3OS. The van der Waals surface area contributed by atoms with Crippen LogP contribution in [0.2, 0.25) is 0 Å². The summed E-state index contributed by atoms with van der Waals surface area (Å²) < 4.78 is 9.71. The molecule has 0 amide bonds. The summed E-state index contributed by atoms with van der Waals surface area (Å²) in [5.74, 6) is 0. The highest BCUT2D eigenvalue weighted by atomic mass is 32.1. The molecule has 5 heterocycles. The second-order valence-electron chi connectivity index (χ2n) is 24.8. The van der Waals surface area contributed by atoms with Crippen molar-refractivity contribution in [2.45, 2.75) is 103 Å².